The summed E-state index contributed by atoms with van der Waals surface area (Å²) in [5.74, 6) is -1.15. The number of carbonyl (C=O) groups is 2. The fraction of sp³-hybridized carbons (Fsp3) is 0.211. The molecule has 2 aliphatic rings. The summed E-state index contributed by atoms with van der Waals surface area (Å²) in [6, 6.07) is 12.2. The van der Waals surface area contributed by atoms with E-state index in [4.69, 9.17) is 0 Å². The number of β-amino-alcohol motifs (C(OH)–C–C–N with tert-alkyl or cyclic N) is 1. The van der Waals surface area contributed by atoms with Gasteiger partial charge in [-0.25, -0.2) is 0 Å². The van der Waals surface area contributed by atoms with E-state index in [9.17, 15) is 14.7 Å². The Bertz CT molecular complexity index is 878. The number of benzene rings is 1. The minimum absolute atomic E-state index is 0.207. The van der Waals surface area contributed by atoms with Crippen molar-refractivity contribution in [2.24, 2.45) is 0 Å². The summed E-state index contributed by atoms with van der Waals surface area (Å²) in [5.41, 5.74) is 0.227. The number of aromatic nitrogens is 1. The van der Waals surface area contributed by atoms with Gasteiger partial charge >= 0.3 is 0 Å². The molecule has 126 valence electrons. The number of pyridine rings is 1. The van der Waals surface area contributed by atoms with Gasteiger partial charge in [-0.05, 0) is 23.8 Å². The van der Waals surface area contributed by atoms with Crippen LogP contribution in [0, 0.1) is 0 Å². The van der Waals surface area contributed by atoms with Gasteiger partial charge in [-0.2, -0.15) is 0 Å². The van der Waals surface area contributed by atoms with Crippen LogP contribution in [-0.4, -0.2) is 46.2 Å². The summed E-state index contributed by atoms with van der Waals surface area (Å²) in [5, 5.41) is 14.4. The molecule has 0 bridgehead atoms. The largest absolute Gasteiger partial charge is 0.365 e. The lowest BCUT2D eigenvalue weighted by atomic mass is 9.91. The molecule has 6 heteroatoms. The fourth-order valence-electron chi connectivity index (χ4n) is 3.36. The molecule has 0 radical (unpaired) electrons. The van der Waals surface area contributed by atoms with Crippen molar-refractivity contribution in [2.75, 3.05) is 19.6 Å². The molecule has 1 aliphatic heterocycles. The molecule has 2 N–H and O–H groups in total. The van der Waals surface area contributed by atoms with Crippen molar-refractivity contribution in [3.05, 3.63) is 71.2 Å². The zero-order chi connectivity index (χ0) is 17.4. The van der Waals surface area contributed by atoms with Crippen LogP contribution in [0.4, 0.5) is 0 Å². The van der Waals surface area contributed by atoms with Crippen LogP contribution in [0.25, 0.3) is 6.08 Å². The van der Waals surface area contributed by atoms with E-state index < -0.39 is 17.3 Å². The number of Topliss-reactive ketones (excluding diaryl/α,β-unsaturated/α-hetero) is 2. The predicted octanol–water partition coefficient (Wildman–Crippen LogP) is 0.938. The molecule has 1 aromatic carbocycles. The van der Waals surface area contributed by atoms with Crippen LogP contribution in [0.3, 0.4) is 0 Å². The molecule has 1 aromatic heterocycles. The summed E-state index contributed by atoms with van der Waals surface area (Å²) < 4.78 is 0. The fourth-order valence-corrected chi connectivity index (χ4v) is 3.36. The van der Waals surface area contributed by atoms with E-state index in [2.05, 4.69) is 10.3 Å². The van der Waals surface area contributed by atoms with Crippen molar-refractivity contribution in [1.29, 1.82) is 0 Å². The lowest BCUT2D eigenvalue weighted by Gasteiger charge is -2.45. The first-order valence-corrected chi connectivity index (χ1v) is 8.13. The van der Waals surface area contributed by atoms with Gasteiger partial charge in [0.05, 0.1) is 11.4 Å². The molecular weight excluding hydrogens is 318 g/mol. The van der Waals surface area contributed by atoms with Crippen molar-refractivity contribution in [3.63, 3.8) is 0 Å². The lowest BCUT2D eigenvalue weighted by Crippen LogP contribution is -2.60. The third-order valence-corrected chi connectivity index (χ3v) is 4.63. The van der Waals surface area contributed by atoms with E-state index in [1.54, 1.807) is 53.6 Å². The maximum atomic E-state index is 12.7. The van der Waals surface area contributed by atoms with Gasteiger partial charge in [-0.1, -0.05) is 30.3 Å². The van der Waals surface area contributed by atoms with E-state index in [0.717, 1.165) is 0 Å². The molecule has 1 atom stereocenters. The zero-order valence-corrected chi connectivity index (χ0v) is 13.5. The molecule has 4 rings (SSSR count). The Morgan fingerprint density at radius 3 is 2.68 bits per heavy atom. The van der Waals surface area contributed by atoms with Crippen LogP contribution in [0.5, 0.6) is 0 Å². The first-order chi connectivity index (χ1) is 12.1. The van der Waals surface area contributed by atoms with Crippen molar-refractivity contribution in [1.82, 2.24) is 15.2 Å². The number of allylic oxidation sites excluding steroid dienone is 1. The molecule has 0 saturated carbocycles. The van der Waals surface area contributed by atoms with Crippen molar-refractivity contribution in [2.45, 2.75) is 5.72 Å². The Kier molecular flexibility index (Phi) is 3.71. The molecule has 1 aliphatic carbocycles. The number of rotatable bonds is 2. The van der Waals surface area contributed by atoms with Crippen LogP contribution in [0.2, 0.25) is 0 Å². The van der Waals surface area contributed by atoms with E-state index in [1.165, 1.54) is 0 Å². The first kappa shape index (κ1) is 15.7. The smallest absolute Gasteiger partial charge is 0.249 e. The SMILES string of the molecule is O=C1C(=O)c2ccccc2C=C1N1CCNCC1(O)c1ccccn1. The maximum absolute atomic E-state index is 12.7. The Balaban J connectivity index is 1.83. The van der Waals surface area contributed by atoms with Crippen LogP contribution >= 0.6 is 0 Å². The number of piperazine rings is 1. The monoisotopic (exact) mass is 335 g/mol. The van der Waals surface area contributed by atoms with E-state index >= 15 is 0 Å². The minimum atomic E-state index is -1.49. The Morgan fingerprint density at radius 1 is 1.08 bits per heavy atom. The molecule has 25 heavy (non-hydrogen) atoms. The summed E-state index contributed by atoms with van der Waals surface area (Å²) >= 11 is 0. The number of ketones is 2. The Morgan fingerprint density at radius 2 is 1.88 bits per heavy atom. The average molecular weight is 335 g/mol. The van der Waals surface area contributed by atoms with E-state index in [-0.39, 0.29) is 12.2 Å². The van der Waals surface area contributed by atoms with Gasteiger partial charge in [0.25, 0.3) is 0 Å². The zero-order valence-electron chi connectivity index (χ0n) is 13.5. The van der Waals surface area contributed by atoms with Gasteiger partial charge in [-0.15, -0.1) is 0 Å². The minimum Gasteiger partial charge on any atom is -0.365 e. The highest BCUT2D eigenvalue weighted by Gasteiger charge is 2.44. The standard InChI is InChI=1S/C19H17N3O3/c23-17-14-6-2-1-5-13(14)11-15(18(17)24)22-10-9-20-12-19(22,25)16-7-3-4-8-21-16/h1-8,11,20,25H,9-10,12H2. The molecule has 0 spiro atoms. The second kappa shape index (κ2) is 5.91. The van der Waals surface area contributed by atoms with Crippen LogP contribution in [0.15, 0.2) is 54.4 Å². The third kappa shape index (κ3) is 2.47. The van der Waals surface area contributed by atoms with Gasteiger partial charge in [0, 0.05) is 31.4 Å². The molecule has 6 nitrogen and oxygen atoms in total. The number of hydrogen-bond acceptors (Lipinski definition) is 6. The summed E-state index contributed by atoms with van der Waals surface area (Å²) in [4.78, 5) is 31.0. The van der Waals surface area contributed by atoms with Crippen molar-refractivity contribution >= 4 is 17.6 Å². The lowest BCUT2D eigenvalue weighted by molar-refractivity contribution is -0.130. The van der Waals surface area contributed by atoms with Gasteiger partial charge in [-0.3, -0.25) is 14.6 Å². The van der Waals surface area contributed by atoms with Crippen LogP contribution in [-0.2, 0) is 10.5 Å². The number of carbonyl (C=O) groups excluding carboxylic acids is 2. The second-order valence-electron chi connectivity index (χ2n) is 6.14. The molecular formula is C19H17N3O3. The molecule has 1 unspecified atom stereocenters. The van der Waals surface area contributed by atoms with Gasteiger partial charge < -0.3 is 15.3 Å². The second-order valence-corrected chi connectivity index (χ2v) is 6.14. The third-order valence-electron chi connectivity index (χ3n) is 4.63. The highest BCUT2D eigenvalue weighted by Crippen LogP contribution is 2.33. The molecule has 2 aromatic rings. The molecule has 0 amide bonds. The summed E-state index contributed by atoms with van der Waals surface area (Å²) in [6.45, 7) is 1.19. The Labute approximate surface area is 144 Å². The first-order valence-electron chi connectivity index (χ1n) is 8.13. The number of nitrogens with one attached hydrogen (secondary N) is 1. The van der Waals surface area contributed by atoms with Crippen LogP contribution < -0.4 is 5.32 Å². The summed E-state index contributed by atoms with van der Waals surface area (Å²) in [7, 11) is 0. The molecule has 1 saturated heterocycles. The molecule has 2 heterocycles. The van der Waals surface area contributed by atoms with Gasteiger partial charge in [0.2, 0.25) is 11.6 Å². The number of fused-ring (bicyclic) bond motifs is 1. The number of nitrogens with zero attached hydrogens (tertiary/aromatic N) is 2. The number of aliphatic hydroxyl groups is 1. The predicted molar refractivity (Wildman–Crippen MR) is 91.5 cm³/mol. The topological polar surface area (TPSA) is 82.5 Å². The van der Waals surface area contributed by atoms with Crippen molar-refractivity contribution in [3.8, 4) is 0 Å². The van der Waals surface area contributed by atoms with Gasteiger partial charge in [0.1, 0.15) is 0 Å². The maximum Gasteiger partial charge on any atom is 0.249 e. The van der Waals surface area contributed by atoms with Crippen molar-refractivity contribution < 1.29 is 14.7 Å². The Hall–Kier alpha value is -2.83. The summed E-state index contributed by atoms with van der Waals surface area (Å²) in [6.07, 6.45) is 3.27. The van der Waals surface area contributed by atoms with Crippen LogP contribution in [0.1, 0.15) is 21.6 Å². The average Bonchev–Trinajstić information content (AvgIpc) is 2.66. The van der Waals surface area contributed by atoms with E-state index in [1.807, 2.05) is 6.07 Å². The molecule has 1 fully saturated rings. The van der Waals surface area contributed by atoms with E-state index in [0.29, 0.717) is 29.9 Å². The highest BCUT2D eigenvalue weighted by atomic mass is 16.3. The highest BCUT2D eigenvalue weighted by molar-refractivity contribution is 6.51. The van der Waals surface area contributed by atoms with Gasteiger partial charge in [0.15, 0.2) is 5.72 Å². The number of hydrogen-bond donors (Lipinski definition) is 2. The quantitative estimate of drug-likeness (QED) is 0.795. The normalized spacial score (nSPS) is 23.2.